The molecule has 8 heteroatoms. The van der Waals surface area contributed by atoms with Crippen molar-refractivity contribution in [1.82, 2.24) is 20.0 Å². The van der Waals surface area contributed by atoms with Crippen molar-refractivity contribution in [3.8, 4) is 10.6 Å². The fourth-order valence-electron chi connectivity index (χ4n) is 3.71. The number of thiophene rings is 1. The smallest absolute Gasteiger partial charge is 0.225 e. The molecule has 0 bridgehead atoms. The molecule has 0 radical (unpaired) electrons. The summed E-state index contributed by atoms with van der Waals surface area (Å²) in [5, 5.41) is 10.8. The highest BCUT2D eigenvalue weighted by Gasteiger charge is 2.30. The van der Waals surface area contributed by atoms with E-state index >= 15 is 0 Å². The number of aromatic nitrogens is 2. The van der Waals surface area contributed by atoms with E-state index < -0.39 is 0 Å². The number of anilines is 1. The minimum Gasteiger partial charge on any atom is -0.355 e. The third-order valence-electron chi connectivity index (χ3n) is 5.37. The molecule has 2 aromatic heterocycles. The first kappa shape index (κ1) is 17.9. The van der Waals surface area contributed by atoms with Crippen LogP contribution in [0.3, 0.4) is 0 Å². The van der Waals surface area contributed by atoms with Crippen LogP contribution in [0.2, 0.25) is 0 Å². The Morgan fingerprint density at radius 2 is 1.81 bits per heavy atom. The predicted molar refractivity (Wildman–Crippen MR) is 104 cm³/mol. The van der Waals surface area contributed by atoms with Gasteiger partial charge in [0.2, 0.25) is 12.3 Å². The van der Waals surface area contributed by atoms with Crippen molar-refractivity contribution in [3.63, 3.8) is 0 Å². The van der Waals surface area contributed by atoms with Gasteiger partial charge in [0.1, 0.15) is 5.69 Å². The fourth-order valence-corrected chi connectivity index (χ4v) is 4.40. The van der Waals surface area contributed by atoms with Crippen LogP contribution in [0.4, 0.5) is 5.82 Å². The van der Waals surface area contributed by atoms with E-state index in [0.717, 1.165) is 48.7 Å². The Labute approximate surface area is 162 Å². The molecule has 0 unspecified atom stereocenters. The van der Waals surface area contributed by atoms with Crippen molar-refractivity contribution in [2.45, 2.75) is 12.8 Å². The van der Waals surface area contributed by atoms with Crippen LogP contribution >= 0.6 is 11.3 Å². The number of carbonyl (C=O) groups excluding carboxylic acids is 2. The first-order valence-corrected chi connectivity index (χ1v) is 10.2. The van der Waals surface area contributed by atoms with Crippen molar-refractivity contribution in [2.24, 2.45) is 5.92 Å². The Morgan fingerprint density at radius 3 is 2.41 bits per heavy atom. The minimum absolute atomic E-state index is 0.0717. The minimum atomic E-state index is 0.0717. The average molecular weight is 385 g/mol. The lowest BCUT2D eigenvalue weighted by atomic mass is 9.95. The maximum Gasteiger partial charge on any atom is 0.225 e. The van der Waals surface area contributed by atoms with Crippen molar-refractivity contribution < 1.29 is 9.59 Å². The molecule has 2 aromatic rings. The van der Waals surface area contributed by atoms with Crippen LogP contribution in [-0.2, 0) is 9.59 Å². The number of hydrogen-bond acceptors (Lipinski definition) is 6. The zero-order chi connectivity index (χ0) is 18.6. The van der Waals surface area contributed by atoms with Gasteiger partial charge in [-0.1, -0.05) is 6.07 Å². The molecular weight excluding hydrogens is 362 g/mol. The third-order valence-corrected chi connectivity index (χ3v) is 6.26. The monoisotopic (exact) mass is 385 g/mol. The summed E-state index contributed by atoms with van der Waals surface area (Å²) in [5.41, 5.74) is 0.897. The van der Waals surface area contributed by atoms with Gasteiger partial charge < -0.3 is 14.7 Å². The molecule has 4 rings (SSSR count). The van der Waals surface area contributed by atoms with Crippen LogP contribution in [-0.4, -0.2) is 71.6 Å². The molecule has 4 heterocycles. The Kier molecular flexibility index (Phi) is 5.33. The van der Waals surface area contributed by atoms with Gasteiger partial charge >= 0.3 is 0 Å². The highest BCUT2D eigenvalue weighted by Crippen LogP contribution is 2.26. The maximum absolute atomic E-state index is 12.7. The van der Waals surface area contributed by atoms with Gasteiger partial charge in [-0.05, 0) is 36.4 Å². The Balaban J connectivity index is 1.31. The van der Waals surface area contributed by atoms with Gasteiger partial charge in [-0.15, -0.1) is 21.5 Å². The van der Waals surface area contributed by atoms with Crippen molar-refractivity contribution in [2.75, 3.05) is 44.2 Å². The van der Waals surface area contributed by atoms with E-state index in [1.54, 1.807) is 16.2 Å². The molecule has 0 saturated carbocycles. The summed E-state index contributed by atoms with van der Waals surface area (Å²) in [7, 11) is 0. The summed E-state index contributed by atoms with van der Waals surface area (Å²) in [6.45, 7) is 4.21. The molecule has 0 spiro atoms. The first-order valence-electron chi connectivity index (χ1n) is 9.35. The van der Waals surface area contributed by atoms with Crippen LogP contribution < -0.4 is 4.90 Å². The third kappa shape index (κ3) is 3.95. The number of hydrogen-bond donors (Lipinski definition) is 0. The van der Waals surface area contributed by atoms with Crippen LogP contribution in [0, 0.1) is 5.92 Å². The second-order valence-electron chi connectivity index (χ2n) is 6.98. The lowest BCUT2D eigenvalue weighted by Crippen LogP contribution is -2.51. The van der Waals surface area contributed by atoms with E-state index in [2.05, 4.69) is 15.1 Å². The van der Waals surface area contributed by atoms with E-state index in [1.807, 2.05) is 34.5 Å². The molecule has 2 saturated heterocycles. The lowest BCUT2D eigenvalue weighted by Gasteiger charge is -2.37. The SMILES string of the molecule is O=CN1CCN(C(=O)C2CCN(c3ccc(-c4cccs4)nn3)CC2)CC1. The molecule has 2 amide bonds. The average Bonchev–Trinajstić information content (AvgIpc) is 3.28. The summed E-state index contributed by atoms with van der Waals surface area (Å²) < 4.78 is 0. The maximum atomic E-state index is 12.7. The molecule has 27 heavy (non-hydrogen) atoms. The summed E-state index contributed by atoms with van der Waals surface area (Å²) in [4.78, 5) is 30.5. The molecule has 0 aromatic carbocycles. The normalized spacial score (nSPS) is 18.6. The number of nitrogens with zero attached hydrogens (tertiary/aromatic N) is 5. The number of carbonyl (C=O) groups is 2. The Morgan fingerprint density at radius 1 is 1.04 bits per heavy atom. The van der Waals surface area contributed by atoms with E-state index in [0.29, 0.717) is 26.2 Å². The second kappa shape index (κ2) is 8.04. The van der Waals surface area contributed by atoms with Crippen molar-refractivity contribution in [1.29, 1.82) is 0 Å². The summed E-state index contributed by atoms with van der Waals surface area (Å²) in [6.07, 6.45) is 2.53. The summed E-state index contributed by atoms with van der Waals surface area (Å²) in [5.74, 6) is 1.18. The van der Waals surface area contributed by atoms with E-state index in [1.165, 1.54) is 0 Å². The number of rotatable bonds is 4. The van der Waals surface area contributed by atoms with Gasteiger partial charge in [0.05, 0.1) is 4.88 Å². The topological polar surface area (TPSA) is 69.6 Å². The van der Waals surface area contributed by atoms with E-state index in [4.69, 9.17) is 0 Å². The molecule has 142 valence electrons. The van der Waals surface area contributed by atoms with Crippen molar-refractivity contribution >= 4 is 29.5 Å². The van der Waals surface area contributed by atoms with E-state index in [9.17, 15) is 9.59 Å². The van der Waals surface area contributed by atoms with Gasteiger partial charge in [-0.2, -0.15) is 0 Å². The number of piperazine rings is 1. The largest absolute Gasteiger partial charge is 0.355 e. The Hall–Kier alpha value is -2.48. The van der Waals surface area contributed by atoms with Crippen molar-refractivity contribution in [3.05, 3.63) is 29.6 Å². The molecule has 0 atom stereocenters. The van der Waals surface area contributed by atoms with Crippen LogP contribution in [0.5, 0.6) is 0 Å². The van der Waals surface area contributed by atoms with Crippen LogP contribution in [0.25, 0.3) is 10.6 Å². The number of piperidine rings is 1. The number of amides is 2. The van der Waals surface area contributed by atoms with Gasteiger partial charge in [-0.25, -0.2) is 0 Å². The fraction of sp³-hybridized carbons (Fsp3) is 0.474. The molecule has 0 aliphatic carbocycles. The molecule has 2 aliphatic heterocycles. The highest BCUT2D eigenvalue weighted by molar-refractivity contribution is 7.13. The first-order chi connectivity index (χ1) is 13.2. The predicted octanol–water partition coefficient (Wildman–Crippen LogP) is 1.72. The molecule has 7 nitrogen and oxygen atoms in total. The van der Waals surface area contributed by atoms with Crippen LogP contribution in [0.15, 0.2) is 29.6 Å². The molecular formula is C19H23N5O2S. The highest BCUT2D eigenvalue weighted by atomic mass is 32.1. The Bertz CT molecular complexity index is 764. The molecule has 2 aliphatic rings. The van der Waals surface area contributed by atoms with Gasteiger partial charge in [0, 0.05) is 45.2 Å². The second-order valence-corrected chi connectivity index (χ2v) is 7.93. The van der Waals surface area contributed by atoms with Gasteiger partial charge in [-0.3, -0.25) is 9.59 Å². The zero-order valence-electron chi connectivity index (χ0n) is 15.2. The standard InChI is InChI=1S/C19H23N5O2S/c25-14-22-9-11-24(12-10-22)19(26)15-5-7-23(8-6-15)18-4-3-16(20-21-18)17-2-1-13-27-17/h1-4,13-15H,5-12H2. The van der Waals surface area contributed by atoms with Crippen LogP contribution in [0.1, 0.15) is 12.8 Å². The quantitative estimate of drug-likeness (QED) is 0.750. The van der Waals surface area contributed by atoms with Gasteiger partial charge in [0.25, 0.3) is 0 Å². The molecule has 0 N–H and O–H groups in total. The van der Waals surface area contributed by atoms with Gasteiger partial charge in [0.15, 0.2) is 5.82 Å². The lowest BCUT2D eigenvalue weighted by molar-refractivity contribution is -0.139. The van der Waals surface area contributed by atoms with E-state index in [-0.39, 0.29) is 11.8 Å². The summed E-state index contributed by atoms with van der Waals surface area (Å²) in [6, 6.07) is 8.08. The summed E-state index contributed by atoms with van der Waals surface area (Å²) >= 11 is 1.66. The molecule has 2 fully saturated rings. The zero-order valence-corrected chi connectivity index (χ0v) is 16.0.